The fraction of sp³-hybridized carbons (Fsp3) is 0.278. The average molecular weight is 376 g/mol. The molecule has 0 radical (unpaired) electrons. The Morgan fingerprint density at radius 1 is 1.16 bits per heavy atom. The molecule has 3 aromatic rings. The molecule has 0 amide bonds. The van der Waals surface area contributed by atoms with E-state index in [1.54, 1.807) is 35.3 Å². The highest BCUT2D eigenvalue weighted by molar-refractivity contribution is 7.89. The lowest BCUT2D eigenvalue weighted by atomic mass is 10.1. The number of benzene rings is 1. The third-order valence-corrected chi connectivity index (χ3v) is 6.97. The predicted octanol–water partition coefficient (Wildman–Crippen LogP) is 3.32. The van der Waals surface area contributed by atoms with Gasteiger partial charge in [-0.15, -0.1) is 11.3 Å². The van der Waals surface area contributed by atoms with E-state index < -0.39 is 10.0 Å². The van der Waals surface area contributed by atoms with Crippen LogP contribution in [0.4, 0.5) is 0 Å². The van der Waals surface area contributed by atoms with Gasteiger partial charge in [0.1, 0.15) is 0 Å². The summed E-state index contributed by atoms with van der Waals surface area (Å²) in [6, 6.07) is 13.6. The van der Waals surface area contributed by atoms with Crippen molar-refractivity contribution < 1.29 is 8.42 Å². The van der Waals surface area contributed by atoms with Gasteiger partial charge in [0.05, 0.1) is 6.20 Å². The van der Waals surface area contributed by atoms with Gasteiger partial charge >= 0.3 is 0 Å². The number of hydrogen-bond donors (Lipinski definition) is 0. The van der Waals surface area contributed by atoms with Gasteiger partial charge in [-0.05, 0) is 42.0 Å². The van der Waals surface area contributed by atoms with Gasteiger partial charge in [-0.25, -0.2) is 8.42 Å². The Morgan fingerprint density at radius 3 is 2.60 bits per heavy atom. The molecule has 0 aliphatic heterocycles. The summed E-state index contributed by atoms with van der Waals surface area (Å²) in [5.74, 6) is 0. The van der Waals surface area contributed by atoms with Gasteiger partial charge in [0, 0.05) is 25.0 Å². The van der Waals surface area contributed by atoms with Crippen molar-refractivity contribution in [1.82, 2.24) is 14.1 Å². The summed E-state index contributed by atoms with van der Waals surface area (Å²) in [4.78, 5) is 1.06. The summed E-state index contributed by atoms with van der Waals surface area (Å²) in [6.07, 6.45) is 2.28. The zero-order chi connectivity index (χ0) is 17.9. The van der Waals surface area contributed by atoms with Crippen LogP contribution in [0, 0.1) is 6.92 Å². The van der Waals surface area contributed by atoms with Crippen molar-refractivity contribution in [3.63, 3.8) is 0 Å². The van der Waals surface area contributed by atoms with Crippen LogP contribution in [0.25, 0.3) is 0 Å². The molecule has 0 bridgehead atoms. The van der Waals surface area contributed by atoms with Crippen LogP contribution in [0.5, 0.6) is 0 Å². The van der Waals surface area contributed by atoms with Crippen LogP contribution in [0.1, 0.15) is 16.0 Å². The molecule has 132 valence electrons. The van der Waals surface area contributed by atoms with Gasteiger partial charge in [-0.3, -0.25) is 4.68 Å². The normalized spacial score (nSPS) is 12.0. The van der Waals surface area contributed by atoms with E-state index in [1.165, 1.54) is 4.31 Å². The zero-order valence-electron chi connectivity index (χ0n) is 14.3. The second kappa shape index (κ2) is 7.51. The number of thiophene rings is 1. The lowest BCUT2D eigenvalue weighted by molar-refractivity contribution is 0.451. The van der Waals surface area contributed by atoms with Gasteiger partial charge in [-0.2, -0.15) is 9.40 Å². The van der Waals surface area contributed by atoms with Gasteiger partial charge < -0.3 is 0 Å². The van der Waals surface area contributed by atoms with Crippen LogP contribution >= 0.6 is 11.3 Å². The molecule has 0 unspecified atom stereocenters. The molecule has 0 aliphatic carbocycles. The molecule has 0 aliphatic rings. The van der Waals surface area contributed by atoms with Gasteiger partial charge in [0.25, 0.3) is 10.0 Å². The van der Waals surface area contributed by atoms with E-state index in [-0.39, 0.29) is 5.03 Å². The maximum atomic E-state index is 12.9. The maximum absolute atomic E-state index is 12.9. The summed E-state index contributed by atoms with van der Waals surface area (Å²) in [5.41, 5.74) is 2.27. The number of aryl methyl sites for hydroxylation is 3. The standard InChI is InChI=1S/C18H21N3O2S2/c1-15-10-13-24-17(15)14-20(2)25(22,23)18-8-11-19-21(18)12-9-16-6-4-3-5-7-16/h3-8,10-11,13H,9,12,14H2,1-2H3. The summed E-state index contributed by atoms with van der Waals surface area (Å²) in [5, 5.41) is 6.43. The van der Waals surface area contributed by atoms with E-state index in [9.17, 15) is 8.42 Å². The van der Waals surface area contributed by atoms with Gasteiger partial charge in [-0.1, -0.05) is 30.3 Å². The zero-order valence-corrected chi connectivity index (χ0v) is 15.9. The van der Waals surface area contributed by atoms with Crippen molar-refractivity contribution in [2.45, 2.75) is 31.5 Å². The smallest absolute Gasteiger partial charge is 0.253 e. The Balaban J connectivity index is 1.76. The number of nitrogens with zero attached hydrogens (tertiary/aromatic N) is 3. The van der Waals surface area contributed by atoms with E-state index in [2.05, 4.69) is 5.10 Å². The molecule has 2 aromatic heterocycles. The number of rotatable bonds is 7. The highest BCUT2D eigenvalue weighted by atomic mass is 32.2. The van der Waals surface area contributed by atoms with Crippen molar-refractivity contribution in [2.75, 3.05) is 7.05 Å². The summed E-state index contributed by atoms with van der Waals surface area (Å²) in [7, 11) is -1.97. The molecule has 0 saturated carbocycles. The summed E-state index contributed by atoms with van der Waals surface area (Å²) >= 11 is 1.57. The predicted molar refractivity (Wildman–Crippen MR) is 100 cm³/mol. The molecular weight excluding hydrogens is 354 g/mol. The lowest BCUT2D eigenvalue weighted by Crippen LogP contribution is -2.28. The highest BCUT2D eigenvalue weighted by Crippen LogP contribution is 2.22. The molecule has 0 atom stereocenters. The molecule has 2 heterocycles. The fourth-order valence-corrected chi connectivity index (χ4v) is 4.90. The SMILES string of the molecule is Cc1ccsc1CN(C)S(=O)(=O)c1ccnn1CCc1ccccc1. The molecule has 0 spiro atoms. The molecule has 0 fully saturated rings. The minimum Gasteiger partial charge on any atom is -0.253 e. The molecule has 0 saturated heterocycles. The molecule has 5 nitrogen and oxygen atoms in total. The van der Waals surface area contributed by atoms with Crippen molar-refractivity contribution in [1.29, 1.82) is 0 Å². The Kier molecular flexibility index (Phi) is 5.36. The quantitative estimate of drug-likeness (QED) is 0.637. The van der Waals surface area contributed by atoms with Crippen LogP contribution in [-0.4, -0.2) is 29.6 Å². The Bertz CT molecular complexity index is 930. The van der Waals surface area contributed by atoms with Gasteiger partial charge in [0.2, 0.25) is 0 Å². The van der Waals surface area contributed by atoms with E-state index >= 15 is 0 Å². The molecule has 1 aromatic carbocycles. The van der Waals surface area contributed by atoms with Crippen molar-refractivity contribution in [3.05, 3.63) is 70.0 Å². The third kappa shape index (κ3) is 4.00. The number of aromatic nitrogens is 2. The minimum atomic E-state index is -3.58. The minimum absolute atomic E-state index is 0.236. The van der Waals surface area contributed by atoms with E-state index in [0.29, 0.717) is 13.1 Å². The van der Waals surface area contributed by atoms with Crippen LogP contribution < -0.4 is 0 Å². The van der Waals surface area contributed by atoms with Crippen LogP contribution in [0.15, 0.2) is 59.1 Å². The Labute approximate surface area is 152 Å². The summed E-state index contributed by atoms with van der Waals surface area (Å²) < 4.78 is 28.8. The first kappa shape index (κ1) is 17.8. The van der Waals surface area contributed by atoms with Gasteiger partial charge in [0.15, 0.2) is 5.03 Å². The second-order valence-electron chi connectivity index (χ2n) is 5.92. The lowest BCUT2D eigenvalue weighted by Gasteiger charge is -2.18. The largest absolute Gasteiger partial charge is 0.260 e. The molecule has 3 rings (SSSR count). The molecule has 7 heteroatoms. The van der Waals surface area contributed by atoms with E-state index in [0.717, 1.165) is 22.4 Å². The topological polar surface area (TPSA) is 55.2 Å². The third-order valence-electron chi connectivity index (χ3n) is 4.14. The van der Waals surface area contributed by atoms with Crippen molar-refractivity contribution in [3.8, 4) is 0 Å². The first-order valence-electron chi connectivity index (χ1n) is 8.03. The first-order chi connectivity index (χ1) is 12.0. The van der Waals surface area contributed by atoms with Crippen molar-refractivity contribution >= 4 is 21.4 Å². The first-order valence-corrected chi connectivity index (χ1v) is 10.4. The fourth-order valence-electron chi connectivity index (χ4n) is 2.60. The Morgan fingerprint density at radius 2 is 1.92 bits per heavy atom. The molecule has 25 heavy (non-hydrogen) atoms. The van der Waals surface area contributed by atoms with Crippen molar-refractivity contribution in [2.24, 2.45) is 0 Å². The maximum Gasteiger partial charge on any atom is 0.260 e. The van der Waals surface area contributed by atoms with Crippen LogP contribution in [0.2, 0.25) is 0 Å². The average Bonchev–Trinajstić information content (AvgIpc) is 3.23. The molecular formula is C18H21N3O2S2. The Hall–Kier alpha value is -1.96. The molecule has 0 N–H and O–H groups in total. The van der Waals surface area contributed by atoms with Crippen LogP contribution in [0.3, 0.4) is 0 Å². The second-order valence-corrected chi connectivity index (χ2v) is 8.91. The van der Waals surface area contributed by atoms with Crippen LogP contribution in [-0.2, 0) is 29.5 Å². The summed E-state index contributed by atoms with van der Waals surface area (Å²) in [6.45, 7) is 2.89. The van der Waals surface area contributed by atoms with E-state index in [4.69, 9.17) is 0 Å². The highest BCUT2D eigenvalue weighted by Gasteiger charge is 2.25. The number of hydrogen-bond acceptors (Lipinski definition) is 4. The van der Waals surface area contributed by atoms with E-state index in [1.807, 2.05) is 48.7 Å². The monoisotopic (exact) mass is 375 g/mol. The number of sulfonamides is 1.